The van der Waals surface area contributed by atoms with E-state index in [1.807, 2.05) is 25.1 Å². The quantitative estimate of drug-likeness (QED) is 0.875. The molecule has 128 valence electrons. The SMILES string of the molecule is COc1ccc(NC2=C(C)C(=O)CC2)cc1O[C@@H]1C[C@@H]2CC[C@@H]1C2. The smallest absolute Gasteiger partial charge is 0.163 e. The molecule has 4 rings (SSSR count). The molecular weight excluding hydrogens is 302 g/mol. The molecule has 0 saturated heterocycles. The number of ether oxygens (including phenoxy) is 2. The zero-order chi connectivity index (χ0) is 16.7. The molecule has 2 saturated carbocycles. The Labute approximate surface area is 143 Å². The third-order valence-corrected chi connectivity index (χ3v) is 5.88. The summed E-state index contributed by atoms with van der Waals surface area (Å²) in [6, 6.07) is 5.93. The van der Waals surface area contributed by atoms with Crippen LogP contribution in [-0.4, -0.2) is 19.0 Å². The second-order valence-corrected chi connectivity index (χ2v) is 7.35. The number of benzene rings is 1. The van der Waals surface area contributed by atoms with Gasteiger partial charge in [-0.3, -0.25) is 4.79 Å². The lowest BCUT2D eigenvalue weighted by atomic mass is 9.98. The van der Waals surface area contributed by atoms with Crippen molar-refractivity contribution in [3.8, 4) is 11.5 Å². The van der Waals surface area contributed by atoms with Gasteiger partial charge in [0.25, 0.3) is 0 Å². The minimum Gasteiger partial charge on any atom is -0.493 e. The Hall–Kier alpha value is -1.97. The molecule has 0 unspecified atom stereocenters. The number of nitrogens with one attached hydrogen (secondary N) is 1. The van der Waals surface area contributed by atoms with Crippen LogP contribution in [-0.2, 0) is 4.79 Å². The first-order chi connectivity index (χ1) is 11.6. The minimum absolute atomic E-state index is 0.240. The maximum absolute atomic E-state index is 11.7. The Bertz CT molecular complexity index is 694. The van der Waals surface area contributed by atoms with Crippen molar-refractivity contribution in [2.75, 3.05) is 12.4 Å². The van der Waals surface area contributed by atoms with E-state index in [9.17, 15) is 4.79 Å². The van der Waals surface area contributed by atoms with Gasteiger partial charge in [-0.15, -0.1) is 0 Å². The van der Waals surface area contributed by atoms with E-state index in [-0.39, 0.29) is 5.78 Å². The Kier molecular flexibility index (Phi) is 3.99. The van der Waals surface area contributed by atoms with E-state index in [2.05, 4.69) is 5.32 Å². The van der Waals surface area contributed by atoms with Gasteiger partial charge in [-0.2, -0.15) is 0 Å². The molecule has 0 aliphatic heterocycles. The first-order valence-corrected chi connectivity index (χ1v) is 8.98. The Balaban J connectivity index is 1.53. The van der Waals surface area contributed by atoms with Gasteiger partial charge in [0, 0.05) is 29.4 Å². The molecule has 0 spiro atoms. The fourth-order valence-corrected chi connectivity index (χ4v) is 4.45. The van der Waals surface area contributed by atoms with Crippen molar-refractivity contribution in [2.45, 2.75) is 51.6 Å². The summed E-state index contributed by atoms with van der Waals surface area (Å²) in [4.78, 5) is 11.7. The summed E-state index contributed by atoms with van der Waals surface area (Å²) in [7, 11) is 1.68. The number of carbonyl (C=O) groups excluding carboxylic acids is 1. The van der Waals surface area contributed by atoms with Crippen molar-refractivity contribution in [1.29, 1.82) is 0 Å². The Morgan fingerprint density at radius 1 is 1.12 bits per heavy atom. The highest BCUT2D eigenvalue weighted by atomic mass is 16.5. The highest BCUT2D eigenvalue weighted by Gasteiger charge is 2.41. The summed E-state index contributed by atoms with van der Waals surface area (Å²) >= 11 is 0. The van der Waals surface area contributed by atoms with Crippen LogP contribution in [0.3, 0.4) is 0 Å². The zero-order valence-corrected chi connectivity index (χ0v) is 14.4. The lowest BCUT2D eigenvalue weighted by Crippen LogP contribution is -2.23. The van der Waals surface area contributed by atoms with Crippen LogP contribution in [0.15, 0.2) is 29.5 Å². The number of allylic oxidation sites excluding steroid dienone is 2. The van der Waals surface area contributed by atoms with E-state index in [0.29, 0.717) is 18.4 Å². The van der Waals surface area contributed by atoms with Crippen LogP contribution in [0.25, 0.3) is 0 Å². The standard InChI is InChI=1S/C20H25NO3/c1-12-16(6-7-17(12)22)21-15-5-8-18(23-2)20(11-15)24-19-10-13-3-4-14(19)9-13/h5,8,11,13-14,19,21H,3-4,6-7,9-10H2,1-2H3/t13-,14-,19-/m1/s1. The van der Waals surface area contributed by atoms with Gasteiger partial charge in [0.15, 0.2) is 17.3 Å². The summed E-state index contributed by atoms with van der Waals surface area (Å²) in [5.74, 6) is 3.38. The summed E-state index contributed by atoms with van der Waals surface area (Å²) in [5, 5.41) is 3.39. The number of hydrogen-bond donors (Lipinski definition) is 1. The number of methoxy groups -OCH3 is 1. The highest BCUT2D eigenvalue weighted by molar-refractivity contribution is 5.98. The average molecular weight is 327 g/mol. The largest absolute Gasteiger partial charge is 0.493 e. The molecule has 1 N–H and O–H groups in total. The van der Waals surface area contributed by atoms with Gasteiger partial charge in [-0.1, -0.05) is 0 Å². The maximum atomic E-state index is 11.7. The molecule has 2 bridgehead atoms. The second kappa shape index (κ2) is 6.15. The van der Waals surface area contributed by atoms with E-state index in [1.165, 1.54) is 25.7 Å². The molecule has 3 aliphatic rings. The molecule has 24 heavy (non-hydrogen) atoms. The van der Waals surface area contributed by atoms with Crippen LogP contribution in [0.5, 0.6) is 11.5 Å². The van der Waals surface area contributed by atoms with Crippen molar-refractivity contribution in [3.05, 3.63) is 29.5 Å². The number of anilines is 1. The van der Waals surface area contributed by atoms with Gasteiger partial charge in [-0.25, -0.2) is 0 Å². The third-order valence-electron chi connectivity index (χ3n) is 5.88. The van der Waals surface area contributed by atoms with Crippen LogP contribution in [0.1, 0.15) is 45.4 Å². The molecule has 1 aromatic carbocycles. The van der Waals surface area contributed by atoms with Crippen molar-refractivity contribution < 1.29 is 14.3 Å². The first kappa shape index (κ1) is 15.6. The Morgan fingerprint density at radius 2 is 2.00 bits per heavy atom. The van der Waals surface area contributed by atoms with E-state index >= 15 is 0 Å². The predicted molar refractivity (Wildman–Crippen MR) is 93.4 cm³/mol. The summed E-state index contributed by atoms with van der Waals surface area (Å²) in [5.41, 5.74) is 2.83. The number of carbonyl (C=O) groups is 1. The fraction of sp³-hybridized carbons (Fsp3) is 0.550. The zero-order valence-electron chi connectivity index (χ0n) is 14.4. The predicted octanol–water partition coefficient (Wildman–Crippen LogP) is 4.31. The third kappa shape index (κ3) is 2.79. The van der Waals surface area contributed by atoms with Gasteiger partial charge in [0.05, 0.1) is 7.11 Å². The molecule has 0 heterocycles. The van der Waals surface area contributed by atoms with E-state index in [1.54, 1.807) is 7.11 Å². The van der Waals surface area contributed by atoms with Crippen molar-refractivity contribution in [2.24, 2.45) is 11.8 Å². The number of Topliss-reactive ketones (excluding diaryl/α,β-unsaturated/α-hetero) is 1. The molecular formula is C20H25NO3. The lowest BCUT2D eigenvalue weighted by molar-refractivity contribution is -0.114. The van der Waals surface area contributed by atoms with Crippen molar-refractivity contribution >= 4 is 11.5 Å². The van der Waals surface area contributed by atoms with Gasteiger partial charge < -0.3 is 14.8 Å². The summed E-state index contributed by atoms with van der Waals surface area (Å²) < 4.78 is 11.8. The molecule has 1 aromatic rings. The van der Waals surface area contributed by atoms with Gasteiger partial charge in [0.1, 0.15) is 6.10 Å². The topological polar surface area (TPSA) is 47.6 Å². The van der Waals surface area contributed by atoms with Gasteiger partial charge >= 0.3 is 0 Å². The molecule has 4 nitrogen and oxygen atoms in total. The highest BCUT2D eigenvalue weighted by Crippen LogP contribution is 2.47. The van der Waals surface area contributed by atoms with E-state index in [0.717, 1.165) is 40.8 Å². The number of fused-ring (bicyclic) bond motifs is 2. The number of rotatable bonds is 5. The second-order valence-electron chi connectivity index (χ2n) is 7.35. The molecule has 0 aromatic heterocycles. The lowest BCUT2D eigenvalue weighted by Gasteiger charge is -2.24. The van der Waals surface area contributed by atoms with Crippen LogP contribution >= 0.6 is 0 Å². The van der Waals surface area contributed by atoms with E-state index < -0.39 is 0 Å². The summed E-state index contributed by atoms with van der Waals surface area (Å²) in [6.45, 7) is 1.90. The summed E-state index contributed by atoms with van der Waals surface area (Å²) in [6.07, 6.45) is 6.87. The van der Waals surface area contributed by atoms with E-state index in [4.69, 9.17) is 9.47 Å². The monoisotopic (exact) mass is 327 g/mol. The molecule has 0 radical (unpaired) electrons. The maximum Gasteiger partial charge on any atom is 0.163 e. The van der Waals surface area contributed by atoms with Gasteiger partial charge in [0.2, 0.25) is 0 Å². The van der Waals surface area contributed by atoms with Crippen molar-refractivity contribution in [1.82, 2.24) is 0 Å². The average Bonchev–Trinajstić information content (AvgIpc) is 3.28. The molecule has 0 amide bonds. The molecule has 3 aliphatic carbocycles. The number of hydrogen-bond acceptors (Lipinski definition) is 4. The van der Waals surface area contributed by atoms with Crippen LogP contribution in [0.4, 0.5) is 5.69 Å². The molecule has 4 heteroatoms. The molecule has 3 atom stereocenters. The molecule has 2 fully saturated rings. The fourth-order valence-electron chi connectivity index (χ4n) is 4.45. The first-order valence-electron chi connectivity index (χ1n) is 8.98. The van der Waals surface area contributed by atoms with Crippen molar-refractivity contribution in [3.63, 3.8) is 0 Å². The van der Waals surface area contributed by atoms with Crippen LogP contribution in [0.2, 0.25) is 0 Å². The Morgan fingerprint density at radius 3 is 2.62 bits per heavy atom. The minimum atomic E-state index is 0.240. The van der Waals surface area contributed by atoms with Crippen LogP contribution < -0.4 is 14.8 Å². The van der Waals surface area contributed by atoms with Crippen LogP contribution in [0, 0.1) is 11.8 Å². The number of ketones is 1. The normalized spacial score (nSPS) is 28.6. The van der Waals surface area contributed by atoms with Gasteiger partial charge in [-0.05, 0) is 63.0 Å².